The van der Waals surface area contributed by atoms with Crippen LogP contribution < -0.4 is 9.47 Å². The summed E-state index contributed by atoms with van der Waals surface area (Å²) in [5, 5.41) is 0. The van der Waals surface area contributed by atoms with Crippen LogP contribution in [0.5, 0.6) is 11.5 Å². The molecule has 3 aromatic carbocycles. The third-order valence-electron chi connectivity index (χ3n) is 6.19. The molecule has 1 aliphatic rings. The number of esters is 3. The Morgan fingerprint density at radius 3 is 1.88 bits per heavy atom. The summed E-state index contributed by atoms with van der Waals surface area (Å²) in [6.45, 7) is 5.53. The van der Waals surface area contributed by atoms with Crippen LogP contribution in [0.25, 0.3) is 5.57 Å². The first kappa shape index (κ1) is 28.0. The molecule has 204 valence electrons. The van der Waals surface area contributed by atoms with E-state index in [9.17, 15) is 24.0 Å². The zero-order chi connectivity index (χ0) is 29.0. The number of carbonyl (C=O) groups excluding carboxylic acids is 5. The molecule has 1 amide bonds. The van der Waals surface area contributed by atoms with Gasteiger partial charge in [-0.1, -0.05) is 48.5 Å². The number of ketones is 1. The first-order valence-electron chi connectivity index (χ1n) is 12.6. The number of carbonyl (C=O) groups is 5. The molecular weight excluding hydrogens is 514 g/mol. The molecule has 0 fully saturated rings. The van der Waals surface area contributed by atoms with E-state index in [1.165, 1.54) is 43.0 Å². The van der Waals surface area contributed by atoms with Gasteiger partial charge < -0.3 is 19.1 Å². The van der Waals surface area contributed by atoms with Gasteiger partial charge in [-0.2, -0.15) is 0 Å². The molecule has 0 aromatic heterocycles. The Kier molecular flexibility index (Phi) is 8.23. The summed E-state index contributed by atoms with van der Waals surface area (Å²) in [5.74, 6) is -3.85. The maximum absolute atomic E-state index is 14.2. The number of allylic oxidation sites excluding steroid dienone is 1. The van der Waals surface area contributed by atoms with Crippen LogP contribution in [-0.2, 0) is 25.7 Å². The van der Waals surface area contributed by atoms with Gasteiger partial charge in [0, 0.05) is 30.7 Å². The van der Waals surface area contributed by atoms with Gasteiger partial charge in [0.2, 0.25) is 0 Å². The summed E-state index contributed by atoms with van der Waals surface area (Å²) in [7, 11) is 0. The van der Waals surface area contributed by atoms with Crippen molar-refractivity contribution in [1.82, 2.24) is 4.90 Å². The summed E-state index contributed by atoms with van der Waals surface area (Å²) >= 11 is 0. The lowest BCUT2D eigenvalue weighted by Crippen LogP contribution is -2.31. The highest BCUT2D eigenvalue weighted by Gasteiger charge is 2.37. The summed E-state index contributed by atoms with van der Waals surface area (Å²) in [6, 6.07) is 18.0. The SMILES string of the molecule is CCOC(=O)/C1=C(\C)N(Cc2ccccc2)C(=O)c2ccccc2C(=O)c2c(OC(C)=O)ccc(OC(C)=O)c21. The van der Waals surface area contributed by atoms with Crippen LogP contribution in [0.2, 0.25) is 0 Å². The summed E-state index contributed by atoms with van der Waals surface area (Å²) in [5.41, 5.74) is 0.453. The van der Waals surface area contributed by atoms with E-state index in [0.29, 0.717) is 0 Å². The minimum atomic E-state index is -0.862. The fraction of sp³-hybridized carbons (Fsp3) is 0.194. The van der Waals surface area contributed by atoms with Crippen LogP contribution in [-0.4, -0.2) is 41.1 Å². The molecular formula is C31H27NO8. The van der Waals surface area contributed by atoms with E-state index in [-0.39, 0.29) is 58.2 Å². The third-order valence-corrected chi connectivity index (χ3v) is 6.19. The fourth-order valence-corrected chi connectivity index (χ4v) is 4.54. The zero-order valence-electron chi connectivity index (χ0n) is 22.5. The van der Waals surface area contributed by atoms with E-state index in [2.05, 4.69) is 0 Å². The maximum atomic E-state index is 14.2. The highest BCUT2D eigenvalue weighted by molar-refractivity contribution is 6.26. The molecule has 9 nitrogen and oxygen atoms in total. The van der Waals surface area contributed by atoms with Crippen molar-refractivity contribution in [2.24, 2.45) is 0 Å². The van der Waals surface area contributed by atoms with Crippen LogP contribution in [0.4, 0.5) is 0 Å². The third kappa shape index (κ3) is 5.54. The average Bonchev–Trinajstić information content (AvgIpc) is 2.94. The van der Waals surface area contributed by atoms with E-state index in [0.717, 1.165) is 5.56 Å². The first-order chi connectivity index (χ1) is 19.1. The Labute approximate surface area is 231 Å². The molecule has 0 radical (unpaired) electrons. The molecule has 1 heterocycles. The monoisotopic (exact) mass is 541 g/mol. The van der Waals surface area contributed by atoms with E-state index < -0.39 is 29.6 Å². The van der Waals surface area contributed by atoms with Crippen LogP contribution >= 0.6 is 0 Å². The Bertz CT molecular complexity index is 1550. The normalized spacial score (nSPS) is 14.8. The Hall–Kier alpha value is -5.05. The molecule has 1 aliphatic heterocycles. The van der Waals surface area contributed by atoms with E-state index in [1.54, 1.807) is 26.0 Å². The molecule has 0 bridgehead atoms. The second-order valence-corrected chi connectivity index (χ2v) is 8.93. The van der Waals surface area contributed by atoms with Crippen LogP contribution in [0.1, 0.15) is 65.1 Å². The summed E-state index contributed by atoms with van der Waals surface area (Å²) in [6.07, 6.45) is 0. The van der Waals surface area contributed by atoms with Crippen molar-refractivity contribution in [2.45, 2.75) is 34.2 Å². The number of amides is 1. The average molecular weight is 542 g/mol. The van der Waals surface area contributed by atoms with E-state index in [4.69, 9.17) is 14.2 Å². The highest BCUT2D eigenvalue weighted by atomic mass is 16.5. The minimum absolute atomic E-state index is 0.0121. The van der Waals surface area contributed by atoms with Crippen LogP contribution in [0.3, 0.4) is 0 Å². The molecule has 0 N–H and O–H groups in total. The molecule has 0 saturated heterocycles. The van der Waals surface area contributed by atoms with Crippen molar-refractivity contribution < 1.29 is 38.2 Å². The molecule has 0 saturated carbocycles. The summed E-state index contributed by atoms with van der Waals surface area (Å²) in [4.78, 5) is 67.5. The van der Waals surface area contributed by atoms with Gasteiger partial charge in [0.15, 0.2) is 5.78 Å². The van der Waals surface area contributed by atoms with E-state index in [1.807, 2.05) is 30.3 Å². The van der Waals surface area contributed by atoms with Gasteiger partial charge in [-0.15, -0.1) is 0 Å². The molecule has 40 heavy (non-hydrogen) atoms. The standard InChI is InChI=1S/C31H27NO8/c1-5-38-31(37)26-18(2)32(17-21-11-7-6-8-12-21)30(36)23-14-10-9-13-22(23)29(35)28-25(40-20(4)34)16-15-24(27(26)28)39-19(3)33/h6-16H,5,17H2,1-4H3/b26-18+. The lowest BCUT2D eigenvalue weighted by atomic mass is 9.90. The lowest BCUT2D eigenvalue weighted by Gasteiger charge is -2.26. The number of rotatable bonds is 6. The van der Waals surface area contributed by atoms with Crippen LogP contribution in [0.15, 0.2) is 72.4 Å². The van der Waals surface area contributed by atoms with Crippen LogP contribution in [0, 0.1) is 0 Å². The molecule has 3 aromatic rings. The Morgan fingerprint density at radius 2 is 1.30 bits per heavy atom. The fourth-order valence-electron chi connectivity index (χ4n) is 4.54. The molecule has 0 atom stereocenters. The predicted octanol–water partition coefficient (Wildman–Crippen LogP) is 4.72. The molecule has 0 aliphatic carbocycles. The second kappa shape index (κ2) is 11.8. The Balaban J connectivity index is 2.18. The predicted molar refractivity (Wildman–Crippen MR) is 144 cm³/mol. The summed E-state index contributed by atoms with van der Waals surface area (Å²) < 4.78 is 16.2. The molecule has 0 unspecified atom stereocenters. The van der Waals surface area contributed by atoms with Gasteiger partial charge in [-0.3, -0.25) is 19.2 Å². The Morgan fingerprint density at radius 1 is 0.750 bits per heavy atom. The van der Waals surface area contributed by atoms with Gasteiger partial charge in [0.05, 0.1) is 29.9 Å². The van der Waals surface area contributed by atoms with Crippen molar-refractivity contribution in [2.75, 3.05) is 6.61 Å². The van der Waals surface area contributed by atoms with Gasteiger partial charge >= 0.3 is 17.9 Å². The smallest absolute Gasteiger partial charge is 0.340 e. The largest absolute Gasteiger partial charge is 0.462 e. The van der Waals surface area contributed by atoms with Crippen molar-refractivity contribution in [3.8, 4) is 11.5 Å². The van der Waals surface area contributed by atoms with Gasteiger partial charge in [0.1, 0.15) is 11.5 Å². The number of nitrogens with zero attached hydrogens (tertiary/aromatic N) is 1. The molecule has 4 rings (SSSR count). The lowest BCUT2D eigenvalue weighted by molar-refractivity contribution is -0.136. The highest BCUT2D eigenvalue weighted by Crippen LogP contribution is 2.42. The molecule has 9 heteroatoms. The minimum Gasteiger partial charge on any atom is -0.462 e. The molecule has 0 spiro atoms. The van der Waals surface area contributed by atoms with Crippen molar-refractivity contribution in [3.05, 3.63) is 100 Å². The second-order valence-electron chi connectivity index (χ2n) is 8.93. The van der Waals surface area contributed by atoms with Gasteiger partial charge in [0.25, 0.3) is 5.91 Å². The van der Waals surface area contributed by atoms with Gasteiger partial charge in [-0.25, -0.2) is 4.79 Å². The maximum Gasteiger partial charge on any atom is 0.340 e. The number of benzene rings is 3. The first-order valence-corrected chi connectivity index (χ1v) is 12.6. The number of hydrogen-bond acceptors (Lipinski definition) is 8. The van der Waals surface area contributed by atoms with Crippen molar-refractivity contribution >= 4 is 35.2 Å². The van der Waals surface area contributed by atoms with E-state index >= 15 is 0 Å². The van der Waals surface area contributed by atoms with Crippen molar-refractivity contribution in [1.29, 1.82) is 0 Å². The zero-order valence-corrected chi connectivity index (χ0v) is 22.5. The van der Waals surface area contributed by atoms with Crippen molar-refractivity contribution in [3.63, 3.8) is 0 Å². The number of hydrogen-bond donors (Lipinski definition) is 0. The number of fused-ring (bicyclic) bond motifs is 2. The topological polar surface area (TPSA) is 116 Å². The quantitative estimate of drug-likeness (QED) is 0.325. The van der Waals surface area contributed by atoms with Gasteiger partial charge in [-0.05, 0) is 37.6 Å². The number of ether oxygens (including phenoxy) is 3.